The summed E-state index contributed by atoms with van der Waals surface area (Å²) in [6.07, 6.45) is 1.59. The number of primary amides is 1. The van der Waals surface area contributed by atoms with Gasteiger partial charge in [0.1, 0.15) is 12.4 Å². The molecule has 1 heterocycles. The predicted molar refractivity (Wildman–Crippen MR) is 125 cm³/mol. The van der Waals surface area contributed by atoms with E-state index in [1.807, 2.05) is 13.8 Å². The molecule has 0 bridgehead atoms. The lowest BCUT2D eigenvalue weighted by Gasteiger charge is -2.38. The number of rotatable bonds is 8. The number of ether oxygens (including phenoxy) is 2. The van der Waals surface area contributed by atoms with Gasteiger partial charge in [0, 0.05) is 25.3 Å². The summed E-state index contributed by atoms with van der Waals surface area (Å²) in [6, 6.07) is 13.0. The minimum atomic E-state index is -1.98. The Bertz CT molecular complexity index is 935. The van der Waals surface area contributed by atoms with Crippen molar-refractivity contribution in [3.05, 3.63) is 64.7 Å². The molecule has 2 aromatic carbocycles. The van der Waals surface area contributed by atoms with E-state index in [1.165, 1.54) is 11.1 Å². The molecule has 0 spiro atoms. The van der Waals surface area contributed by atoms with Crippen LogP contribution in [0.1, 0.15) is 39.9 Å². The zero-order valence-electron chi connectivity index (χ0n) is 19.3. The molecule has 8 nitrogen and oxygen atoms in total. The minimum absolute atomic E-state index is 0.313. The van der Waals surface area contributed by atoms with Gasteiger partial charge in [0.15, 0.2) is 0 Å². The van der Waals surface area contributed by atoms with Crippen molar-refractivity contribution in [1.29, 1.82) is 0 Å². The second kappa shape index (κ2) is 11.3. The number of hydrogen-bond acceptors (Lipinski definition) is 6. The quantitative estimate of drug-likeness (QED) is 0.560. The molecule has 0 unspecified atom stereocenters. The van der Waals surface area contributed by atoms with E-state index < -0.39 is 17.5 Å². The number of carbonyl (C=O) groups excluding carboxylic acids is 2. The fourth-order valence-corrected chi connectivity index (χ4v) is 3.95. The van der Waals surface area contributed by atoms with Crippen molar-refractivity contribution in [2.45, 2.75) is 39.0 Å². The molecule has 0 aromatic heterocycles. The van der Waals surface area contributed by atoms with Gasteiger partial charge in [-0.25, -0.2) is 0 Å². The fourth-order valence-electron chi connectivity index (χ4n) is 3.95. The first-order valence-electron chi connectivity index (χ1n) is 11.2. The average molecular weight is 456 g/mol. The van der Waals surface area contributed by atoms with E-state index in [4.69, 9.17) is 15.2 Å². The highest BCUT2D eigenvalue weighted by molar-refractivity contribution is 5.95. The Labute approximate surface area is 194 Å². The standard InChI is InChI=1S/C25H33N3O5/c1-18-13-19(2)15-20(14-18)16-33-22-7-5-21(6-8-22)23(29)27-17-25(31,24(26)30)28-9-3-4-11-32-12-10-28/h5-8,13-15,31H,3-4,9-12,16-17H2,1-2H3,(H2,26,30)(H,27,29)/t25-/m0/s1. The van der Waals surface area contributed by atoms with Gasteiger partial charge in [0.05, 0.1) is 13.2 Å². The van der Waals surface area contributed by atoms with Gasteiger partial charge in [-0.15, -0.1) is 0 Å². The lowest BCUT2D eigenvalue weighted by atomic mass is 10.1. The van der Waals surface area contributed by atoms with Crippen LogP contribution in [0.5, 0.6) is 5.75 Å². The van der Waals surface area contributed by atoms with Gasteiger partial charge in [-0.3, -0.25) is 14.5 Å². The van der Waals surface area contributed by atoms with Gasteiger partial charge >= 0.3 is 0 Å². The smallest absolute Gasteiger partial charge is 0.266 e. The zero-order valence-corrected chi connectivity index (χ0v) is 19.3. The Kier molecular flexibility index (Phi) is 8.43. The van der Waals surface area contributed by atoms with Gasteiger partial charge in [-0.2, -0.15) is 0 Å². The van der Waals surface area contributed by atoms with Crippen molar-refractivity contribution in [3.8, 4) is 5.75 Å². The summed E-state index contributed by atoms with van der Waals surface area (Å²) in [5.74, 6) is -0.683. The lowest BCUT2D eigenvalue weighted by Crippen LogP contribution is -2.64. The molecule has 1 aliphatic heterocycles. The van der Waals surface area contributed by atoms with Crippen LogP contribution in [0.2, 0.25) is 0 Å². The summed E-state index contributed by atoms with van der Waals surface area (Å²) < 4.78 is 11.3. The maximum atomic E-state index is 12.6. The van der Waals surface area contributed by atoms with Crippen LogP contribution in [0.4, 0.5) is 0 Å². The summed E-state index contributed by atoms with van der Waals surface area (Å²) in [5.41, 5.74) is 7.34. The van der Waals surface area contributed by atoms with Crippen LogP contribution in [0, 0.1) is 13.8 Å². The molecule has 2 aromatic rings. The second-order valence-electron chi connectivity index (χ2n) is 8.48. The van der Waals surface area contributed by atoms with Crippen molar-refractivity contribution >= 4 is 11.8 Å². The van der Waals surface area contributed by atoms with E-state index >= 15 is 0 Å². The SMILES string of the molecule is Cc1cc(C)cc(COc2ccc(C(=O)NC[C@](O)(C(N)=O)N3CCCCOCC3)cc2)c1. The van der Waals surface area contributed by atoms with Crippen molar-refractivity contribution in [2.75, 3.05) is 32.8 Å². The molecule has 1 atom stereocenters. The van der Waals surface area contributed by atoms with Crippen LogP contribution in [0.3, 0.4) is 0 Å². The van der Waals surface area contributed by atoms with Gasteiger partial charge in [0.25, 0.3) is 11.8 Å². The Balaban J connectivity index is 1.58. The Hall–Kier alpha value is -2.94. The monoisotopic (exact) mass is 455 g/mol. The Morgan fingerprint density at radius 1 is 1.09 bits per heavy atom. The summed E-state index contributed by atoms with van der Waals surface area (Å²) in [5, 5.41) is 13.6. The zero-order chi connectivity index (χ0) is 23.8. The molecule has 4 N–H and O–H groups in total. The first-order chi connectivity index (χ1) is 15.8. The molecule has 0 radical (unpaired) electrons. The number of nitrogens with two attached hydrogens (primary N) is 1. The molecule has 1 saturated heterocycles. The summed E-state index contributed by atoms with van der Waals surface area (Å²) in [7, 11) is 0. The average Bonchev–Trinajstić information content (AvgIpc) is 2.75. The highest BCUT2D eigenvalue weighted by Crippen LogP contribution is 2.17. The van der Waals surface area contributed by atoms with E-state index in [0.29, 0.717) is 44.2 Å². The van der Waals surface area contributed by atoms with E-state index in [1.54, 1.807) is 29.2 Å². The molecule has 0 saturated carbocycles. The Morgan fingerprint density at radius 2 is 1.79 bits per heavy atom. The van der Waals surface area contributed by atoms with Gasteiger partial charge in [-0.05, 0) is 56.5 Å². The molecule has 2 amide bonds. The van der Waals surface area contributed by atoms with E-state index in [9.17, 15) is 14.7 Å². The third-order valence-electron chi connectivity index (χ3n) is 5.69. The van der Waals surface area contributed by atoms with Crippen LogP contribution in [0.25, 0.3) is 0 Å². The Morgan fingerprint density at radius 3 is 2.45 bits per heavy atom. The highest BCUT2D eigenvalue weighted by Gasteiger charge is 2.41. The molecule has 3 rings (SSSR count). The van der Waals surface area contributed by atoms with Crippen molar-refractivity contribution in [1.82, 2.24) is 10.2 Å². The summed E-state index contributed by atoms with van der Waals surface area (Å²) in [6.45, 7) is 6.09. The van der Waals surface area contributed by atoms with Gasteiger partial charge in [-0.1, -0.05) is 29.3 Å². The van der Waals surface area contributed by atoms with Gasteiger partial charge in [0.2, 0.25) is 5.72 Å². The number of aliphatic hydroxyl groups is 1. The van der Waals surface area contributed by atoms with E-state index in [2.05, 4.69) is 23.5 Å². The van der Waals surface area contributed by atoms with E-state index in [0.717, 1.165) is 18.4 Å². The first-order valence-corrected chi connectivity index (χ1v) is 11.2. The topological polar surface area (TPSA) is 114 Å². The van der Waals surface area contributed by atoms with E-state index in [-0.39, 0.29) is 6.54 Å². The molecular formula is C25H33N3O5. The maximum absolute atomic E-state index is 12.6. The van der Waals surface area contributed by atoms with Crippen molar-refractivity contribution in [2.24, 2.45) is 5.73 Å². The number of benzene rings is 2. The van der Waals surface area contributed by atoms with Crippen LogP contribution in [-0.4, -0.2) is 60.4 Å². The minimum Gasteiger partial charge on any atom is -0.489 e. The van der Waals surface area contributed by atoms with Crippen molar-refractivity contribution < 1.29 is 24.2 Å². The first kappa shape index (κ1) is 24.7. The number of nitrogens with zero attached hydrogens (tertiary/aromatic N) is 1. The molecule has 33 heavy (non-hydrogen) atoms. The molecule has 1 fully saturated rings. The van der Waals surface area contributed by atoms with Crippen LogP contribution in [0.15, 0.2) is 42.5 Å². The number of aryl methyl sites for hydroxylation is 2. The second-order valence-corrected chi connectivity index (χ2v) is 8.48. The van der Waals surface area contributed by atoms with Gasteiger partial charge < -0.3 is 25.6 Å². The molecule has 178 valence electrons. The van der Waals surface area contributed by atoms with Crippen LogP contribution < -0.4 is 15.8 Å². The highest BCUT2D eigenvalue weighted by atomic mass is 16.5. The molecule has 1 aliphatic rings. The third kappa shape index (κ3) is 6.77. The molecular weight excluding hydrogens is 422 g/mol. The summed E-state index contributed by atoms with van der Waals surface area (Å²) in [4.78, 5) is 26.3. The molecule has 8 heteroatoms. The van der Waals surface area contributed by atoms with Crippen LogP contribution in [-0.2, 0) is 16.1 Å². The number of nitrogens with one attached hydrogen (secondary N) is 1. The number of hydrogen-bond donors (Lipinski definition) is 3. The largest absolute Gasteiger partial charge is 0.489 e. The van der Waals surface area contributed by atoms with Crippen LogP contribution >= 0.6 is 0 Å². The van der Waals surface area contributed by atoms with Crippen molar-refractivity contribution in [3.63, 3.8) is 0 Å². The summed E-state index contributed by atoms with van der Waals surface area (Å²) >= 11 is 0. The molecule has 0 aliphatic carbocycles. The lowest BCUT2D eigenvalue weighted by molar-refractivity contribution is -0.162. The predicted octanol–water partition coefficient (Wildman–Crippen LogP) is 1.90. The normalized spacial score (nSPS) is 16.8. The fraction of sp³-hybridized carbons (Fsp3) is 0.440. The third-order valence-corrected chi connectivity index (χ3v) is 5.69. The number of amides is 2. The maximum Gasteiger partial charge on any atom is 0.266 e. The number of carbonyl (C=O) groups is 2.